The summed E-state index contributed by atoms with van der Waals surface area (Å²) in [6, 6.07) is 22.7. The number of fused-ring (bicyclic) bond motifs is 1. The van der Waals surface area contributed by atoms with Crippen LogP contribution < -0.4 is 14.4 Å². The number of amides is 1. The minimum Gasteiger partial charge on any atom is -0.507 e. The second-order valence-electron chi connectivity index (χ2n) is 8.51. The van der Waals surface area contributed by atoms with Gasteiger partial charge in [0.05, 0.1) is 18.7 Å². The molecule has 9 heteroatoms. The Morgan fingerprint density at radius 2 is 1.55 bits per heavy atom. The van der Waals surface area contributed by atoms with Crippen LogP contribution in [0.2, 0.25) is 0 Å². The van der Waals surface area contributed by atoms with Gasteiger partial charge in [-0.1, -0.05) is 54.6 Å². The number of carbonyl (C=O) groups excluding carboxylic acids is 2. The third-order valence-corrected chi connectivity index (χ3v) is 6.25. The number of ketones is 1. The van der Waals surface area contributed by atoms with Crippen LogP contribution in [0.4, 0.5) is 18.9 Å². The highest BCUT2D eigenvalue weighted by Crippen LogP contribution is 2.44. The zero-order valence-electron chi connectivity index (χ0n) is 19.9. The van der Waals surface area contributed by atoms with Crippen molar-refractivity contribution < 1.29 is 37.3 Å². The summed E-state index contributed by atoms with van der Waals surface area (Å²) in [5, 5.41) is 13.0. The van der Waals surface area contributed by atoms with Gasteiger partial charge in [-0.25, -0.2) is 0 Å². The standard InChI is InChI=1S/C29H20F3NO5/c1-37-21-9-4-8-18(16-21)25-24(26(34)23-11-5-7-17-6-2-3-10-22(17)23)27(35)28(36)33(25)19-12-14-20(15-13-19)38-29(30,31)32/h2-16,25,34H,1H3/b26-24-. The molecule has 192 valence electrons. The van der Waals surface area contributed by atoms with Crippen molar-refractivity contribution in [3.8, 4) is 11.5 Å². The van der Waals surface area contributed by atoms with Crippen LogP contribution >= 0.6 is 0 Å². The lowest BCUT2D eigenvalue weighted by atomic mass is 9.93. The summed E-state index contributed by atoms with van der Waals surface area (Å²) in [5.74, 6) is -2.27. The lowest BCUT2D eigenvalue weighted by Gasteiger charge is -2.26. The second-order valence-corrected chi connectivity index (χ2v) is 8.51. The van der Waals surface area contributed by atoms with E-state index in [1.54, 1.807) is 48.5 Å². The molecule has 1 aliphatic heterocycles. The number of aliphatic hydroxyl groups excluding tert-OH is 1. The molecule has 4 aromatic rings. The Morgan fingerprint density at radius 3 is 2.26 bits per heavy atom. The number of ether oxygens (including phenoxy) is 2. The molecule has 1 aliphatic rings. The first-order valence-corrected chi connectivity index (χ1v) is 11.5. The minimum absolute atomic E-state index is 0.145. The topological polar surface area (TPSA) is 76.1 Å². The largest absolute Gasteiger partial charge is 0.573 e. The normalized spacial score (nSPS) is 17.2. The van der Waals surface area contributed by atoms with Crippen molar-refractivity contribution >= 4 is 33.9 Å². The van der Waals surface area contributed by atoms with Crippen molar-refractivity contribution in [2.45, 2.75) is 12.4 Å². The number of carbonyl (C=O) groups is 2. The molecule has 0 aliphatic carbocycles. The zero-order valence-corrected chi connectivity index (χ0v) is 19.9. The number of alkyl halides is 3. The maximum atomic E-state index is 13.4. The van der Waals surface area contributed by atoms with Gasteiger partial charge in [-0.3, -0.25) is 14.5 Å². The number of methoxy groups -OCH3 is 1. The van der Waals surface area contributed by atoms with Gasteiger partial charge in [0, 0.05) is 11.3 Å². The maximum Gasteiger partial charge on any atom is 0.573 e. The maximum absolute atomic E-state index is 13.4. The van der Waals surface area contributed by atoms with Gasteiger partial charge in [0.25, 0.3) is 11.7 Å². The van der Waals surface area contributed by atoms with Gasteiger partial charge >= 0.3 is 6.36 Å². The summed E-state index contributed by atoms with van der Waals surface area (Å²) >= 11 is 0. The first kappa shape index (κ1) is 24.9. The minimum atomic E-state index is -4.88. The number of nitrogens with zero attached hydrogens (tertiary/aromatic N) is 1. The van der Waals surface area contributed by atoms with E-state index in [4.69, 9.17) is 4.74 Å². The number of anilines is 1. The predicted molar refractivity (Wildman–Crippen MR) is 135 cm³/mol. The van der Waals surface area contributed by atoms with Gasteiger partial charge in [0.15, 0.2) is 0 Å². The Balaban J connectivity index is 1.70. The van der Waals surface area contributed by atoms with Crippen molar-refractivity contribution in [3.63, 3.8) is 0 Å². The monoisotopic (exact) mass is 519 g/mol. The predicted octanol–water partition coefficient (Wildman–Crippen LogP) is 6.37. The fourth-order valence-electron chi connectivity index (χ4n) is 4.61. The molecule has 1 N–H and O–H groups in total. The van der Waals surface area contributed by atoms with Gasteiger partial charge < -0.3 is 14.6 Å². The Bertz CT molecular complexity index is 1570. The van der Waals surface area contributed by atoms with Crippen LogP contribution in [0.5, 0.6) is 11.5 Å². The molecule has 1 amide bonds. The fraction of sp³-hybridized carbons (Fsp3) is 0.103. The Morgan fingerprint density at radius 1 is 0.868 bits per heavy atom. The average Bonchev–Trinajstić information content (AvgIpc) is 3.17. The van der Waals surface area contributed by atoms with Gasteiger partial charge in [0.1, 0.15) is 17.3 Å². The second kappa shape index (κ2) is 9.59. The number of halogens is 3. The highest BCUT2D eigenvalue weighted by Gasteiger charge is 2.47. The summed E-state index contributed by atoms with van der Waals surface area (Å²) in [5.41, 5.74) is 0.811. The molecule has 1 heterocycles. The molecule has 1 unspecified atom stereocenters. The van der Waals surface area contributed by atoms with Crippen LogP contribution in [0.25, 0.3) is 16.5 Å². The first-order valence-electron chi connectivity index (χ1n) is 11.5. The summed E-state index contributed by atoms with van der Waals surface area (Å²) in [4.78, 5) is 27.9. The van der Waals surface area contributed by atoms with E-state index in [1.807, 2.05) is 18.2 Å². The molecule has 1 atom stereocenters. The summed E-state index contributed by atoms with van der Waals surface area (Å²) < 4.78 is 47.2. The van der Waals surface area contributed by atoms with Crippen LogP contribution in [-0.2, 0) is 9.59 Å². The molecule has 0 saturated carbocycles. The highest BCUT2D eigenvalue weighted by molar-refractivity contribution is 6.51. The van der Waals surface area contributed by atoms with E-state index in [0.29, 0.717) is 22.3 Å². The smallest absolute Gasteiger partial charge is 0.507 e. The van der Waals surface area contributed by atoms with E-state index >= 15 is 0 Å². The molecule has 1 saturated heterocycles. The fourth-order valence-corrected chi connectivity index (χ4v) is 4.61. The molecule has 0 bridgehead atoms. The van der Waals surface area contributed by atoms with Crippen LogP contribution in [0.1, 0.15) is 17.2 Å². The molecular weight excluding hydrogens is 499 g/mol. The zero-order chi connectivity index (χ0) is 27.0. The van der Waals surface area contributed by atoms with Crippen molar-refractivity contribution in [3.05, 3.63) is 108 Å². The van der Waals surface area contributed by atoms with E-state index in [0.717, 1.165) is 22.4 Å². The Hall–Kier alpha value is -4.79. The molecule has 5 rings (SSSR count). The molecule has 1 fully saturated rings. The summed E-state index contributed by atoms with van der Waals surface area (Å²) in [7, 11) is 1.46. The molecule has 0 spiro atoms. The Labute approximate surface area is 215 Å². The van der Waals surface area contributed by atoms with E-state index < -0.39 is 29.8 Å². The van der Waals surface area contributed by atoms with Crippen molar-refractivity contribution in [1.29, 1.82) is 0 Å². The van der Waals surface area contributed by atoms with Crippen LogP contribution in [0.15, 0.2) is 96.6 Å². The Kier molecular flexibility index (Phi) is 6.28. The van der Waals surface area contributed by atoms with E-state index in [9.17, 15) is 27.9 Å². The van der Waals surface area contributed by atoms with E-state index in [1.165, 1.54) is 19.2 Å². The van der Waals surface area contributed by atoms with Gasteiger partial charge in [0.2, 0.25) is 0 Å². The molecule has 0 radical (unpaired) electrons. The SMILES string of the molecule is COc1cccc(C2/C(=C(/O)c3cccc4ccccc34)C(=O)C(=O)N2c2ccc(OC(F)(F)F)cc2)c1. The number of hydrogen-bond donors (Lipinski definition) is 1. The summed E-state index contributed by atoms with van der Waals surface area (Å²) in [6.45, 7) is 0. The number of benzene rings is 4. The molecule has 0 aromatic heterocycles. The lowest BCUT2D eigenvalue weighted by molar-refractivity contribution is -0.274. The number of rotatable bonds is 5. The molecule has 6 nitrogen and oxygen atoms in total. The number of Topliss-reactive ketones (excluding diaryl/α,β-unsaturated/α-hetero) is 1. The van der Waals surface area contributed by atoms with Crippen molar-refractivity contribution in [2.75, 3.05) is 12.0 Å². The highest BCUT2D eigenvalue weighted by atomic mass is 19.4. The first-order chi connectivity index (χ1) is 18.2. The van der Waals surface area contributed by atoms with Crippen molar-refractivity contribution in [1.82, 2.24) is 0 Å². The van der Waals surface area contributed by atoms with E-state index in [2.05, 4.69) is 4.74 Å². The number of hydrogen-bond acceptors (Lipinski definition) is 5. The van der Waals surface area contributed by atoms with Gasteiger partial charge in [-0.05, 0) is 52.7 Å². The van der Waals surface area contributed by atoms with Crippen LogP contribution in [-0.4, -0.2) is 30.3 Å². The lowest BCUT2D eigenvalue weighted by Crippen LogP contribution is -2.29. The van der Waals surface area contributed by atoms with E-state index in [-0.39, 0.29) is 17.0 Å². The molecule has 4 aromatic carbocycles. The third kappa shape index (κ3) is 4.54. The van der Waals surface area contributed by atoms with Gasteiger partial charge in [-0.15, -0.1) is 13.2 Å². The summed E-state index contributed by atoms with van der Waals surface area (Å²) in [6.07, 6.45) is -4.88. The van der Waals surface area contributed by atoms with Crippen LogP contribution in [0, 0.1) is 0 Å². The molecule has 38 heavy (non-hydrogen) atoms. The average molecular weight is 519 g/mol. The van der Waals surface area contributed by atoms with Crippen molar-refractivity contribution in [2.24, 2.45) is 0 Å². The number of aliphatic hydroxyl groups is 1. The quantitative estimate of drug-likeness (QED) is 0.188. The third-order valence-electron chi connectivity index (χ3n) is 6.25. The molecular formula is C29H20F3NO5. The van der Waals surface area contributed by atoms with Gasteiger partial charge in [-0.2, -0.15) is 0 Å². The van der Waals surface area contributed by atoms with Crippen LogP contribution in [0.3, 0.4) is 0 Å².